The lowest BCUT2D eigenvalue weighted by Crippen LogP contribution is -2.28. The summed E-state index contributed by atoms with van der Waals surface area (Å²) in [5, 5.41) is 3.26. The topological polar surface area (TPSA) is 75.7 Å². The Bertz CT molecular complexity index is 1100. The highest BCUT2D eigenvalue weighted by atomic mass is 35.5. The number of rotatable bonds is 8. The lowest BCUT2D eigenvalue weighted by atomic mass is 10.2. The summed E-state index contributed by atoms with van der Waals surface area (Å²) in [7, 11) is -2.19. The van der Waals surface area contributed by atoms with Gasteiger partial charge in [-0.1, -0.05) is 41.9 Å². The first-order valence-corrected chi connectivity index (χ1v) is 11.0. The van der Waals surface area contributed by atoms with Gasteiger partial charge < -0.3 is 10.1 Å². The summed E-state index contributed by atoms with van der Waals surface area (Å²) in [5.74, 6) is 0.276. The number of nitrogens with one attached hydrogen (secondary N) is 1. The summed E-state index contributed by atoms with van der Waals surface area (Å²) >= 11 is 6.01. The van der Waals surface area contributed by atoms with Crippen molar-refractivity contribution >= 4 is 33.2 Å². The number of amides is 1. The molecule has 0 bridgehead atoms. The van der Waals surface area contributed by atoms with Gasteiger partial charge in [-0.2, -0.15) is 0 Å². The van der Waals surface area contributed by atoms with Crippen LogP contribution in [0.1, 0.15) is 10.4 Å². The van der Waals surface area contributed by atoms with Gasteiger partial charge in [0.25, 0.3) is 15.9 Å². The van der Waals surface area contributed by atoms with Gasteiger partial charge in [0.05, 0.1) is 22.2 Å². The van der Waals surface area contributed by atoms with Crippen LogP contribution in [0.2, 0.25) is 5.02 Å². The molecule has 3 aromatic carbocycles. The number of carbonyl (C=O) groups is 1. The van der Waals surface area contributed by atoms with Gasteiger partial charge in [0.2, 0.25) is 0 Å². The molecule has 0 fully saturated rings. The molecular weight excluding hydrogens is 424 g/mol. The number of halogens is 1. The van der Waals surface area contributed by atoms with Gasteiger partial charge in [-0.05, 0) is 48.5 Å². The van der Waals surface area contributed by atoms with Gasteiger partial charge in [-0.25, -0.2) is 8.42 Å². The van der Waals surface area contributed by atoms with Gasteiger partial charge in [0.15, 0.2) is 0 Å². The average molecular weight is 445 g/mol. The molecule has 1 N–H and O–H groups in total. The van der Waals surface area contributed by atoms with E-state index in [2.05, 4.69) is 5.32 Å². The van der Waals surface area contributed by atoms with Crippen LogP contribution in [0.25, 0.3) is 0 Å². The first-order valence-electron chi connectivity index (χ1n) is 9.19. The van der Waals surface area contributed by atoms with Crippen LogP contribution in [-0.4, -0.2) is 34.5 Å². The maximum atomic E-state index is 12.7. The van der Waals surface area contributed by atoms with Gasteiger partial charge in [0.1, 0.15) is 12.4 Å². The Morgan fingerprint density at radius 1 is 0.967 bits per heavy atom. The van der Waals surface area contributed by atoms with Crippen LogP contribution in [0.3, 0.4) is 0 Å². The predicted molar refractivity (Wildman–Crippen MR) is 118 cm³/mol. The van der Waals surface area contributed by atoms with Crippen LogP contribution in [0.15, 0.2) is 83.8 Å². The largest absolute Gasteiger partial charge is 0.490 e. The number of anilines is 1. The minimum Gasteiger partial charge on any atom is -0.490 e. The van der Waals surface area contributed by atoms with Crippen molar-refractivity contribution in [3.8, 4) is 5.75 Å². The molecule has 0 aliphatic heterocycles. The average Bonchev–Trinajstić information content (AvgIpc) is 2.78. The maximum Gasteiger partial charge on any atom is 0.264 e. The molecule has 0 aromatic heterocycles. The van der Waals surface area contributed by atoms with E-state index < -0.39 is 10.0 Å². The Labute approximate surface area is 181 Å². The Morgan fingerprint density at radius 2 is 1.60 bits per heavy atom. The van der Waals surface area contributed by atoms with Crippen LogP contribution in [0.4, 0.5) is 5.69 Å². The molecule has 3 rings (SSSR count). The summed E-state index contributed by atoms with van der Waals surface area (Å²) in [6.07, 6.45) is 0. The second-order valence-corrected chi connectivity index (χ2v) is 8.74. The summed E-state index contributed by atoms with van der Waals surface area (Å²) in [5.41, 5.74) is 0.874. The van der Waals surface area contributed by atoms with Crippen molar-refractivity contribution in [2.24, 2.45) is 0 Å². The van der Waals surface area contributed by atoms with E-state index in [1.807, 2.05) is 12.1 Å². The number of hydrogen-bond acceptors (Lipinski definition) is 4. The van der Waals surface area contributed by atoms with E-state index in [9.17, 15) is 13.2 Å². The molecule has 0 aliphatic carbocycles. The second kappa shape index (κ2) is 9.65. The molecule has 0 saturated carbocycles. The van der Waals surface area contributed by atoms with E-state index >= 15 is 0 Å². The number of carbonyl (C=O) groups excluding carboxylic acids is 1. The summed E-state index contributed by atoms with van der Waals surface area (Å²) in [4.78, 5) is 12.5. The molecule has 3 aromatic rings. The minimum atomic E-state index is -3.67. The number of ether oxygens (including phenoxy) is 1. The van der Waals surface area contributed by atoms with Crippen molar-refractivity contribution in [1.29, 1.82) is 0 Å². The molecule has 0 spiro atoms. The van der Waals surface area contributed by atoms with Crippen molar-refractivity contribution in [2.75, 3.05) is 24.5 Å². The summed E-state index contributed by atoms with van der Waals surface area (Å²) < 4.78 is 32.1. The fraction of sp³-hybridized carbons (Fsp3) is 0.136. The SMILES string of the molecule is CN(c1ccc(C(=O)NCCOc2ccccc2Cl)cc1)S(=O)(=O)c1ccccc1. The third-order valence-electron chi connectivity index (χ3n) is 4.38. The summed E-state index contributed by atoms with van der Waals surface area (Å²) in [6, 6.07) is 21.6. The summed E-state index contributed by atoms with van der Waals surface area (Å²) in [6.45, 7) is 0.569. The molecule has 0 radical (unpaired) electrons. The van der Waals surface area contributed by atoms with Crippen LogP contribution < -0.4 is 14.4 Å². The van der Waals surface area contributed by atoms with E-state index in [0.29, 0.717) is 28.6 Å². The molecule has 30 heavy (non-hydrogen) atoms. The van der Waals surface area contributed by atoms with Crippen molar-refractivity contribution in [3.05, 3.63) is 89.4 Å². The minimum absolute atomic E-state index is 0.202. The Kier molecular flexibility index (Phi) is 6.97. The normalized spacial score (nSPS) is 11.0. The van der Waals surface area contributed by atoms with Crippen LogP contribution >= 0.6 is 11.6 Å². The maximum absolute atomic E-state index is 12.7. The molecule has 0 heterocycles. The van der Waals surface area contributed by atoms with Crippen molar-refractivity contribution in [1.82, 2.24) is 5.32 Å². The van der Waals surface area contributed by atoms with Crippen molar-refractivity contribution in [2.45, 2.75) is 4.90 Å². The zero-order valence-corrected chi connectivity index (χ0v) is 17.9. The molecule has 156 valence electrons. The monoisotopic (exact) mass is 444 g/mol. The Morgan fingerprint density at radius 3 is 2.27 bits per heavy atom. The molecule has 6 nitrogen and oxygen atoms in total. The van der Waals surface area contributed by atoms with Crippen LogP contribution in [0, 0.1) is 0 Å². The quantitative estimate of drug-likeness (QED) is 0.533. The Hall–Kier alpha value is -3.03. The van der Waals surface area contributed by atoms with Gasteiger partial charge in [-0.15, -0.1) is 0 Å². The number of benzene rings is 3. The van der Waals surface area contributed by atoms with E-state index in [1.54, 1.807) is 66.7 Å². The van der Waals surface area contributed by atoms with E-state index in [0.717, 1.165) is 0 Å². The molecule has 0 atom stereocenters. The first kappa shape index (κ1) is 21.7. The fourth-order valence-corrected chi connectivity index (χ4v) is 4.11. The van der Waals surface area contributed by atoms with Gasteiger partial charge in [0, 0.05) is 12.6 Å². The predicted octanol–water partition coefficient (Wildman–Crippen LogP) is 3.97. The standard InChI is InChI=1S/C22H21ClN2O4S/c1-25(30(27,28)19-7-3-2-4-8-19)18-13-11-17(12-14-18)22(26)24-15-16-29-21-10-6-5-9-20(21)23/h2-14H,15-16H2,1H3,(H,24,26). The highest BCUT2D eigenvalue weighted by molar-refractivity contribution is 7.92. The zero-order chi connectivity index (χ0) is 21.6. The van der Waals surface area contributed by atoms with Gasteiger partial charge in [-0.3, -0.25) is 9.10 Å². The van der Waals surface area contributed by atoms with Gasteiger partial charge >= 0.3 is 0 Å². The lowest BCUT2D eigenvalue weighted by Gasteiger charge is -2.19. The van der Waals surface area contributed by atoms with Crippen LogP contribution in [-0.2, 0) is 10.0 Å². The number of hydrogen-bond donors (Lipinski definition) is 1. The number of sulfonamides is 1. The fourth-order valence-electron chi connectivity index (χ4n) is 2.70. The van der Waals surface area contributed by atoms with Crippen molar-refractivity contribution in [3.63, 3.8) is 0 Å². The van der Waals surface area contributed by atoms with E-state index in [-0.39, 0.29) is 17.4 Å². The van der Waals surface area contributed by atoms with E-state index in [1.165, 1.54) is 11.4 Å². The van der Waals surface area contributed by atoms with Crippen molar-refractivity contribution < 1.29 is 17.9 Å². The highest BCUT2D eigenvalue weighted by Gasteiger charge is 2.21. The third-order valence-corrected chi connectivity index (χ3v) is 6.49. The molecule has 0 aliphatic rings. The molecular formula is C22H21ClN2O4S. The smallest absolute Gasteiger partial charge is 0.264 e. The first-order chi connectivity index (χ1) is 14.4. The molecule has 1 amide bonds. The lowest BCUT2D eigenvalue weighted by molar-refractivity contribution is 0.0947. The number of para-hydroxylation sites is 1. The van der Waals surface area contributed by atoms with Crippen LogP contribution in [0.5, 0.6) is 5.75 Å². The zero-order valence-electron chi connectivity index (χ0n) is 16.3. The number of nitrogens with zero attached hydrogens (tertiary/aromatic N) is 1. The molecule has 0 unspecified atom stereocenters. The highest BCUT2D eigenvalue weighted by Crippen LogP contribution is 2.23. The Balaban J connectivity index is 1.57. The third kappa shape index (κ3) is 5.11. The molecule has 0 saturated heterocycles. The molecule has 8 heteroatoms. The van der Waals surface area contributed by atoms with E-state index in [4.69, 9.17) is 16.3 Å². The second-order valence-electron chi connectivity index (χ2n) is 6.37.